The van der Waals surface area contributed by atoms with E-state index < -0.39 is 0 Å². The molecule has 1 heterocycles. The van der Waals surface area contributed by atoms with Crippen molar-refractivity contribution in [3.63, 3.8) is 0 Å². The number of amides is 1. The molecule has 1 aromatic rings. The van der Waals surface area contributed by atoms with Gasteiger partial charge in [-0.3, -0.25) is 4.79 Å². The van der Waals surface area contributed by atoms with Crippen LogP contribution in [-0.4, -0.2) is 19.0 Å². The maximum absolute atomic E-state index is 12.4. The second-order valence-electron chi connectivity index (χ2n) is 5.25. The number of carbonyl (C=O) groups is 1. The Morgan fingerprint density at radius 3 is 2.84 bits per heavy atom. The van der Waals surface area contributed by atoms with E-state index in [0.717, 1.165) is 37.2 Å². The van der Waals surface area contributed by atoms with Gasteiger partial charge in [0.15, 0.2) is 0 Å². The first-order valence-electron chi connectivity index (χ1n) is 6.30. The summed E-state index contributed by atoms with van der Waals surface area (Å²) in [6.45, 7) is 5.71. The first kappa shape index (κ1) is 16.3. The van der Waals surface area contributed by atoms with E-state index in [4.69, 9.17) is 11.6 Å². The smallest absolute Gasteiger partial charge is 0.231 e. The molecule has 0 saturated carbocycles. The Labute approximate surface area is 125 Å². The first-order valence-corrected chi connectivity index (χ1v) is 6.67. The van der Waals surface area contributed by atoms with E-state index in [0.29, 0.717) is 5.02 Å². The quantitative estimate of drug-likeness (QED) is 0.879. The van der Waals surface area contributed by atoms with Crippen molar-refractivity contribution in [2.45, 2.75) is 26.7 Å². The molecule has 5 heteroatoms. The Hall–Kier alpha value is -0.770. The van der Waals surface area contributed by atoms with E-state index >= 15 is 0 Å². The molecule has 106 valence electrons. The standard InChI is InChI=1S/C14H19ClN2O.ClH/c1-10-4-5-11(15)8-12(10)17-13(18)14(2)6-3-7-16-9-14;/h4-5,8,16H,3,6-7,9H2,1-2H3,(H,17,18);1H. The minimum atomic E-state index is -0.326. The van der Waals surface area contributed by atoms with E-state index in [1.807, 2.05) is 26.0 Å². The molecule has 0 bridgehead atoms. The van der Waals surface area contributed by atoms with Crippen LogP contribution in [0.4, 0.5) is 5.69 Å². The number of halogens is 2. The van der Waals surface area contributed by atoms with E-state index in [2.05, 4.69) is 10.6 Å². The summed E-state index contributed by atoms with van der Waals surface area (Å²) in [5, 5.41) is 6.92. The molecule has 2 rings (SSSR count). The molecule has 1 atom stereocenters. The molecule has 1 aliphatic rings. The number of hydrogen-bond acceptors (Lipinski definition) is 2. The molecular weight excluding hydrogens is 283 g/mol. The third-order valence-electron chi connectivity index (χ3n) is 3.59. The summed E-state index contributed by atoms with van der Waals surface area (Å²) in [6.07, 6.45) is 1.96. The molecule has 3 nitrogen and oxygen atoms in total. The second kappa shape index (κ2) is 6.60. The van der Waals surface area contributed by atoms with Crippen LogP contribution in [-0.2, 0) is 4.79 Å². The van der Waals surface area contributed by atoms with Gasteiger partial charge in [0, 0.05) is 17.3 Å². The van der Waals surface area contributed by atoms with Crippen LogP contribution >= 0.6 is 24.0 Å². The summed E-state index contributed by atoms with van der Waals surface area (Å²) < 4.78 is 0. The molecule has 0 aliphatic carbocycles. The molecule has 2 N–H and O–H groups in total. The van der Waals surface area contributed by atoms with Crippen LogP contribution in [0.3, 0.4) is 0 Å². The van der Waals surface area contributed by atoms with Crippen molar-refractivity contribution in [2.24, 2.45) is 5.41 Å². The summed E-state index contributed by atoms with van der Waals surface area (Å²) in [5.74, 6) is 0.0695. The van der Waals surface area contributed by atoms with Crippen molar-refractivity contribution in [3.8, 4) is 0 Å². The highest BCUT2D eigenvalue weighted by Crippen LogP contribution is 2.28. The highest BCUT2D eigenvalue weighted by atomic mass is 35.5. The molecule has 1 fully saturated rings. The molecule has 1 aliphatic heterocycles. The molecule has 1 aromatic carbocycles. The largest absolute Gasteiger partial charge is 0.325 e. The lowest BCUT2D eigenvalue weighted by Gasteiger charge is -2.32. The monoisotopic (exact) mass is 302 g/mol. The molecule has 0 spiro atoms. The molecule has 1 saturated heterocycles. The van der Waals surface area contributed by atoms with Gasteiger partial charge in [0.25, 0.3) is 0 Å². The minimum absolute atomic E-state index is 0. The fraction of sp³-hybridized carbons (Fsp3) is 0.500. The lowest BCUT2D eigenvalue weighted by atomic mass is 9.82. The zero-order chi connectivity index (χ0) is 13.2. The summed E-state index contributed by atoms with van der Waals surface area (Å²) >= 11 is 5.96. The van der Waals surface area contributed by atoms with Gasteiger partial charge in [0.2, 0.25) is 5.91 Å². The molecule has 1 unspecified atom stereocenters. The van der Waals surface area contributed by atoms with Crippen molar-refractivity contribution < 1.29 is 4.79 Å². The van der Waals surface area contributed by atoms with Gasteiger partial charge in [-0.1, -0.05) is 17.7 Å². The number of benzene rings is 1. The fourth-order valence-corrected chi connectivity index (χ4v) is 2.42. The number of piperidine rings is 1. The van der Waals surface area contributed by atoms with Gasteiger partial charge in [-0.15, -0.1) is 12.4 Å². The Kier molecular flexibility index (Phi) is 5.65. The SMILES string of the molecule is Cc1ccc(Cl)cc1NC(=O)C1(C)CCCNC1.Cl. The molecule has 19 heavy (non-hydrogen) atoms. The highest BCUT2D eigenvalue weighted by Gasteiger charge is 2.34. The second-order valence-corrected chi connectivity index (χ2v) is 5.69. The lowest BCUT2D eigenvalue weighted by molar-refractivity contribution is -0.125. The third-order valence-corrected chi connectivity index (χ3v) is 3.83. The van der Waals surface area contributed by atoms with Crippen molar-refractivity contribution in [3.05, 3.63) is 28.8 Å². The Balaban J connectivity index is 0.00000180. The number of nitrogens with one attached hydrogen (secondary N) is 2. The maximum Gasteiger partial charge on any atom is 0.231 e. The number of carbonyl (C=O) groups excluding carboxylic acids is 1. The molecule has 0 radical (unpaired) electrons. The Morgan fingerprint density at radius 2 is 2.21 bits per heavy atom. The summed E-state index contributed by atoms with van der Waals surface area (Å²) in [4.78, 5) is 12.4. The van der Waals surface area contributed by atoms with Crippen molar-refractivity contribution in [1.29, 1.82) is 0 Å². The topological polar surface area (TPSA) is 41.1 Å². The zero-order valence-corrected chi connectivity index (χ0v) is 12.8. The van der Waals surface area contributed by atoms with Crippen LogP contribution < -0.4 is 10.6 Å². The van der Waals surface area contributed by atoms with E-state index in [1.54, 1.807) is 6.07 Å². The van der Waals surface area contributed by atoms with E-state index in [1.165, 1.54) is 0 Å². The van der Waals surface area contributed by atoms with E-state index in [-0.39, 0.29) is 23.7 Å². The molecule has 1 amide bonds. The average Bonchev–Trinajstić information content (AvgIpc) is 2.35. The van der Waals surface area contributed by atoms with Gasteiger partial charge < -0.3 is 10.6 Å². The molecular formula is C14H20Cl2N2O. The molecule has 0 aromatic heterocycles. The van der Waals surface area contributed by atoms with Crippen LogP contribution in [0.25, 0.3) is 0 Å². The number of anilines is 1. The third kappa shape index (κ3) is 3.85. The summed E-state index contributed by atoms with van der Waals surface area (Å²) in [7, 11) is 0. The van der Waals surface area contributed by atoms with Crippen LogP contribution in [0.15, 0.2) is 18.2 Å². The number of hydrogen-bond donors (Lipinski definition) is 2. The van der Waals surface area contributed by atoms with Crippen LogP contribution in [0.5, 0.6) is 0 Å². The van der Waals surface area contributed by atoms with Crippen molar-refractivity contribution in [2.75, 3.05) is 18.4 Å². The number of aryl methyl sites for hydroxylation is 1. The normalized spacial score (nSPS) is 22.5. The van der Waals surface area contributed by atoms with Crippen LogP contribution in [0.1, 0.15) is 25.3 Å². The first-order chi connectivity index (χ1) is 8.51. The van der Waals surface area contributed by atoms with Gasteiger partial charge >= 0.3 is 0 Å². The van der Waals surface area contributed by atoms with Gasteiger partial charge in [0.05, 0.1) is 5.41 Å². The van der Waals surface area contributed by atoms with Gasteiger partial charge in [-0.05, 0) is 50.9 Å². The Bertz CT molecular complexity index is 457. The van der Waals surface area contributed by atoms with Crippen LogP contribution in [0.2, 0.25) is 5.02 Å². The number of rotatable bonds is 2. The summed E-state index contributed by atoms with van der Waals surface area (Å²) in [5.41, 5.74) is 1.51. The van der Waals surface area contributed by atoms with E-state index in [9.17, 15) is 4.79 Å². The lowest BCUT2D eigenvalue weighted by Crippen LogP contribution is -2.46. The van der Waals surface area contributed by atoms with Crippen molar-refractivity contribution in [1.82, 2.24) is 5.32 Å². The minimum Gasteiger partial charge on any atom is -0.325 e. The van der Waals surface area contributed by atoms with Crippen molar-refractivity contribution >= 4 is 35.6 Å². The maximum atomic E-state index is 12.4. The fourth-order valence-electron chi connectivity index (χ4n) is 2.25. The highest BCUT2D eigenvalue weighted by molar-refractivity contribution is 6.31. The zero-order valence-electron chi connectivity index (χ0n) is 11.3. The van der Waals surface area contributed by atoms with Crippen LogP contribution in [0, 0.1) is 12.3 Å². The predicted octanol–water partition coefficient (Wildman–Crippen LogP) is 3.40. The Morgan fingerprint density at radius 1 is 1.47 bits per heavy atom. The van der Waals surface area contributed by atoms with Gasteiger partial charge in [-0.2, -0.15) is 0 Å². The summed E-state index contributed by atoms with van der Waals surface area (Å²) in [6, 6.07) is 5.55. The predicted molar refractivity (Wildman–Crippen MR) is 82.3 cm³/mol. The van der Waals surface area contributed by atoms with Gasteiger partial charge in [0.1, 0.15) is 0 Å². The van der Waals surface area contributed by atoms with Gasteiger partial charge in [-0.25, -0.2) is 0 Å². The average molecular weight is 303 g/mol.